The topological polar surface area (TPSA) is 50.9 Å². The second-order valence-electron chi connectivity index (χ2n) is 26.6. The minimum Gasteiger partial charge on any atom is -0.507 e. The third-order valence-electron chi connectivity index (χ3n) is 15.7. The van der Waals surface area contributed by atoms with Gasteiger partial charge in [-0.05, 0) is 160 Å². The van der Waals surface area contributed by atoms with Gasteiger partial charge in [0.25, 0.3) is 0 Å². The van der Waals surface area contributed by atoms with Crippen molar-refractivity contribution >= 4 is 21.8 Å². The van der Waals surface area contributed by atoms with E-state index in [1.807, 2.05) is 6.20 Å². The first-order valence-electron chi connectivity index (χ1n) is 26.4. The van der Waals surface area contributed by atoms with Crippen LogP contribution in [0.3, 0.4) is 0 Å². The number of fused-ring (bicyclic) bond motifs is 1. The zero-order valence-corrected chi connectivity index (χ0v) is 46.4. The molecule has 0 spiro atoms. The predicted octanol–water partition coefficient (Wildman–Crippen LogP) is 18.8. The SMILES string of the molecule is CC(C)(C)c1cc(-c2cc(-c3ccccc3)ccn2)cc(-c2cccc3c2nc(-c2cc(C(C)(C)C)cc(C(C)(C)C)c2O)n3-c2ccc(C(C)(C)C)cc2-c2cc3c4c(cccc4c2)C(C)(C)CC3(C)C)c1. The average Bonchev–Trinajstić information content (AvgIpc) is 3.71. The van der Waals surface area contributed by atoms with Gasteiger partial charge < -0.3 is 5.11 Å². The number of aromatic nitrogens is 3. The van der Waals surface area contributed by atoms with Crippen molar-refractivity contribution in [2.75, 3.05) is 0 Å². The minimum absolute atomic E-state index is 0.0442. The summed E-state index contributed by atoms with van der Waals surface area (Å²) in [4.78, 5) is 10.8. The second kappa shape index (κ2) is 17.2. The van der Waals surface area contributed by atoms with Crippen LogP contribution in [0.25, 0.3) is 83.5 Å². The van der Waals surface area contributed by atoms with Gasteiger partial charge in [-0.25, -0.2) is 4.98 Å². The van der Waals surface area contributed by atoms with Gasteiger partial charge in [0.2, 0.25) is 0 Å². The molecule has 0 fully saturated rings. The number of phenolic OH excluding ortho intramolecular Hbond substituents is 1. The zero-order valence-electron chi connectivity index (χ0n) is 46.4. The Labute approximate surface area is 435 Å². The van der Waals surface area contributed by atoms with E-state index in [1.165, 1.54) is 38.6 Å². The molecule has 4 nitrogen and oxygen atoms in total. The molecule has 0 unspecified atom stereocenters. The number of para-hydroxylation sites is 1. The molecule has 7 aromatic carbocycles. The Balaban J connectivity index is 1.31. The van der Waals surface area contributed by atoms with Crippen LogP contribution in [0, 0.1) is 0 Å². The Kier molecular flexibility index (Phi) is 11.7. The van der Waals surface area contributed by atoms with E-state index >= 15 is 0 Å². The first kappa shape index (κ1) is 49.8. The zero-order chi connectivity index (χ0) is 52.4. The van der Waals surface area contributed by atoms with E-state index in [1.54, 1.807) is 0 Å². The number of hydrogen-bond acceptors (Lipinski definition) is 3. The number of aromatic hydroxyl groups is 1. The van der Waals surface area contributed by atoms with Gasteiger partial charge >= 0.3 is 0 Å². The summed E-state index contributed by atoms with van der Waals surface area (Å²) in [7, 11) is 0. The smallest absolute Gasteiger partial charge is 0.149 e. The molecule has 0 radical (unpaired) electrons. The summed E-state index contributed by atoms with van der Waals surface area (Å²) in [6.45, 7) is 36.7. The number of rotatable bonds is 6. The van der Waals surface area contributed by atoms with Gasteiger partial charge in [0, 0.05) is 28.5 Å². The number of imidazole rings is 1. The van der Waals surface area contributed by atoms with Crippen molar-refractivity contribution < 1.29 is 5.11 Å². The Bertz CT molecular complexity index is 3630. The Morgan fingerprint density at radius 3 is 1.79 bits per heavy atom. The van der Waals surface area contributed by atoms with Gasteiger partial charge in [0.05, 0.1) is 28.0 Å². The summed E-state index contributed by atoms with van der Waals surface area (Å²) in [5.41, 5.74) is 18.7. The summed E-state index contributed by atoms with van der Waals surface area (Å²) >= 11 is 0. The van der Waals surface area contributed by atoms with Crippen LogP contribution < -0.4 is 0 Å². The van der Waals surface area contributed by atoms with E-state index in [9.17, 15) is 5.11 Å². The third-order valence-corrected chi connectivity index (χ3v) is 15.7. The van der Waals surface area contributed by atoms with Crippen molar-refractivity contribution in [1.82, 2.24) is 14.5 Å². The van der Waals surface area contributed by atoms with Crippen molar-refractivity contribution in [3.05, 3.63) is 179 Å². The van der Waals surface area contributed by atoms with E-state index in [0.717, 1.165) is 78.9 Å². The fourth-order valence-corrected chi connectivity index (χ4v) is 11.7. The summed E-state index contributed by atoms with van der Waals surface area (Å²) < 4.78 is 2.36. The number of nitrogens with zero attached hydrogens (tertiary/aromatic N) is 3. The molecule has 1 aliphatic carbocycles. The number of phenols is 1. The highest BCUT2D eigenvalue weighted by Crippen LogP contribution is 2.52. The second-order valence-corrected chi connectivity index (χ2v) is 26.6. The lowest BCUT2D eigenvalue weighted by Gasteiger charge is -2.42. The quantitative estimate of drug-likeness (QED) is 0.181. The Morgan fingerprint density at radius 1 is 0.479 bits per heavy atom. The van der Waals surface area contributed by atoms with Crippen molar-refractivity contribution in [3.8, 4) is 67.5 Å². The van der Waals surface area contributed by atoms with Crippen molar-refractivity contribution in [2.45, 2.75) is 150 Å². The van der Waals surface area contributed by atoms with Crippen LogP contribution in [0.1, 0.15) is 151 Å². The lowest BCUT2D eigenvalue weighted by molar-refractivity contribution is 0.341. The summed E-state index contributed by atoms with van der Waals surface area (Å²) in [6.07, 6.45) is 2.98. The first-order valence-corrected chi connectivity index (χ1v) is 26.4. The molecule has 9 aromatic rings. The molecule has 0 saturated heterocycles. The molecule has 0 aliphatic heterocycles. The first-order chi connectivity index (χ1) is 34.1. The van der Waals surface area contributed by atoms with Crippen molar-refractivity contribution in [2.24, 2.45) is 0 Å². The van der Waals surface area contributed by atoms with Crippen LogP contribution in [-0.2, 0) is 32.5 Å². The molecule has 0 amide bonds. The molecule has 1 aliphatic rings. The minimum atomic E-state index is -0.343. The van der Waals surface area contributed by atoms with E-state index in [2.05, 4.69) is 255 Å². The molecule has 0 bridgehead atoms. The van der Waals surface area contributed by atoms with Gasteiger partial charge in [-0.2, -0.15) is 0 Å². The summed E-state index contributed by atoms with van der Waals surface area (Å²) in [5, 5.41) is 15.5. The maximum Gasteiger partial charge on any atom is 0.149 e. The van der Waals surface area contributed by atoms with E-state index in [0.29, 0.717) is 5.82 Å². The molecular weight excluding hydrogens is 887 g/mol. The maximum absolute atomic E-state index is 12.8. The van der Waals surface area contributed by atoms with Crippen LogP contribution in [0.15, 0.2) is 146 Å². The van der Waals surface area contributed by atoms with E-state index in [-0.39, 0.29) is 38.2 Å². The number of hydrogen-bond donors (Lipinski definition) is 1. The molecule has 0 atom stereocenters. The summed E-state index contributed by atoms with van der Waals surface area (Å²) in [5.74, 6) is 0.970. The number of pyridine rings is 1. The molecule has 73 heavy (non-hydrogen) atoms. The predicted molar refractivity (Wildman–Crippen MR) is 311 cm³/mol. The van der Waals surface area contributed by atoms with Crippen molar-refractivity contribution in [3.63, 3.8) is 0 Å². The van der Waals surface area contributed by atoms with Crippen LogP contribution in [0.5, 0.6) is 5.75 Å². The molecule has 2 heterocycles. The fourth-order valence-electron chi connectivity index (χ4n) is 11.7. The van der Waals surface area contributed by atoms with E-state index < -0.39 is 0 Å². The number of benzene rings is 7. The van der Waals surface area contributed by atoms with Gasteiger partial charge in [-0.15, -0.1) is 0 Å². The summed E-state index contributed by atoms with van der Waals surface area (Å²) in [6, 6.07) is 51.6. The molecule has 1 N–H and O–H groups in total. The highest BCUT2D eigenvalue weighted by atomic mass is 16.3. The monoisotopic (exact) mass is 962 g/mol. The molecule has 10 rings (SSSR count). The van der Waals surface area contributed by atoms with Crippen LogP contribution in [0.4, 0.5) is 0 Å². The maximum atomic E-state index is 12.8. The Morgan fingerprint density at radius 2 is 1.11 bits per heavy atom. The lowest BCUT2D eigenvalue weighted by atomic mass is 9.61. The molecular formula is C69H75N3O. The molecule has 4 heteroatoms. The van der Waals surface area contributed by atoms with Gasteiger partial charge in [0.1, 0.15) is 11.6 Å². The van der Waals surface area contributed by atoms with Gasteiger partial charge in [-0.3, -0.25) is 9.55 Å². The van der Waals surface area contributed by atoms with Crippen molar-refractivity contribution in [1.29, 1.82) is 0 Å². The highest BCUT2D eigenvalue weighted by Gasteiger charge is 2.39. The standard InChI is InChI=1S/C69H75N3O/c1-64(2,3)48-28-29-58(52(38-48)46-32-44-24-20-26-54-60(44)55(36-46)69(15,16)41-68(54,13)14)72-59-27-21-25-51(61(59)71-63(72)53-39-50(66(7,8)9)40-56(62(53)73)67(10,11)12)45-33-47(35-49(34-45)65(4,5)6)57-37-43(30-31-70-57)42-22-18-17-19-23-42/h17-40,73H,41H2,1-16H3. The molecule has 0 saturated carbocycles. The van der Waals surface area contributed by atoms with E-state index in [4.69, 9.17) is 9.97 Å². The highest BCUT2D eigenvalue weighted by molar-refractivity contribution is 6.00. The average molecular weight is 962 g/mol. The van der Waals surface area contributed by atoms with Gasteiger partial charge in [0.15, 0.2) is 0 Å². The van der Waals surface area contributed by atoms with Crippen LogP contribution >= 0.6 is 0 Å². The fraction of sp³-hybridized carbons (Fsp3) is 0.333. The normalized spacial score (nSPS) is 14.8. The lowest BCUT2D eigenvalue weighted by Crippen LogP contribution is -2.34. The molecule has 372 valence electrons. The van der Waals surface area contributed by atoms with Crippen LogP contribution in [0.2, 0.25) is 0 Å². The third kappa shape index (κ3) is 9.00. The largest absolute Gasteiger partial charge is 0.507 e. The Hall–Kier alpha value is -6.78. The molecule has 2 aromatic heterocycles. The van der Waals surface area contributed by atoms with Gasteiger partial charge in [-0.1, -0.05) is 190 Å². The van der Waals surface area contributed by atoms with Crippen LogP contribution in [-0.4, -0.2) is 19.6 Å².